The number of aryl methyl sites for hydroxylation is 1. The predicted octanol–water partition coefficient (Wildman–Crippen LogP) is 3.51. The zero-order chi connectivity index (χ0) is 25.4. The summed E-state index contributed by atoms with van der Waals surface area (Å²) in [7, 11) is 0. The molecule has 36 heavy (non-hydrogen) atoms. The van der Waals surface area contributed by atoms with Crippen LogP contribution < -0.4 is 4.74 Å². The number of benzene rings is 1. The summed E-state index contributed by atoms with van der Waals surface area (Å²) >= 11 is 6.60. The lowest BCUT2D eigenvalue weighted by Crippen LogP contribution is -2.52. The largest absolute Gasteiger partial charge is 0.483 e. The van der Waals surface area contributed by atoms with Crippen molar-refractivity contribution in [3.63, 3.8) is 0 Å². The van der Waals surface area contributed by atoms with E-state index in [9.17, 15) is 19.5 Å². The summed E-state index contributed by atoms with van der Waals surface area (Å²) in [4.78, 5) is 46.4. The summed E-state index contributed by atoms with van der Waals surface area (Å²) in [6.07, 6.45) is 3.44. The number of amides is 2. The maximum absolute atomic E-state index is 13.9. The van der Waals surface area contributed by atoms with Crippen LogP contribution in [-0.2, 0) is 27.4 Å². The molecular weight excluding hydrogens is 488 g/mol. The Morgan fingerprint density at radius 3 is 2.61 bits per heavy atom. The highest BCUT2D eigenvalue weighted by atomic mass is 35.5. The van der Waals surface area contributed by atoms with E-state index < -0.39 is 24.0 Å². The molecule has 5 rings (SSSR count). The third kappa shape index (κ3) is 4.54. The van der Waals surface area contributed by atoms with Crippen LogP contribution in [0.25, 0.3) is 0 Å². The molecule has 0 spiro atoms. The lowest BCUT2D eigenvalue weighted by Gasteiger charge is -2.45. The minimum absolute atomic E-state index is 0.0211. The van der Waals surface area contributed by atoms with Gasteiger partial charge in [0.05, 0.1) is 11.8 Å². The number of ether oxygens (including phenoxy) is 1. The van der Waals surface area contributed by atoms with E-state index in [-0.39, 0.29) is 18.4 Å². The van der Waals surface area contributed by atoms with Crippen LogP contribution in [0.15, 0.2) is 16.7 Å². The second-order valence-electron chi connectivity index (χ2n) is 9.64. The molecule has 3 heterocycles. The van der Waals surface area contributed by atoms with E-state index in [4.69, 9.17) is 20.9 Å². The standard InChI is InChI=1S/C25H29ClN4O6/c1-14-27-20(36-28-14)13-35-19-9-8-18(26)17-10-12-30(23(22(17)19)29-11-4-7-21(29)31)24(32)15-5-2-3-6-16(15)25(33)34/h8-9,15-16,23H,2-7,10-13H2,1H3,(H,33,34). The first-order valence-corrected chi connectivity index (χ1v) is 12.8. The van der Waals surface area contributed by atoms with Crippen LogP contribution in [-0.4, -0.2) is 55.9 Å². The zero-order valence-corrected chi connectivity index (χ0v) is 20.9. The van der Waals surface area contributed by atoms with Gasteiger partial charge in [-0.25, -0.2) is 0 Å². The van der Waals surface area contributed by atoms with Crippen LogP contribution in [0.3, 0.4) is 0 Å². The number of carboxylic acid groups (broad SMARTS) is 1. The molecule has 1 aromatic carbocycles. The number of carboxylic acids is 1. The maximum atomic E-state index is 13.9. The maximum Gasteiger partial charge on any atom is 0.307 e. The predicted molar refractivity (Wildman–Crippen MR) is 127 cm³/mol. The van der Waals surface area contributed by atoms with Gasteiger partial charge in [-0.05, 0) is 50.3 Å². The number of carbonyl (C=O) groups excluding carboxylic acids is 2. The molecule has 3 unspecified atom stereocenters. The van der Waals surface area contributed by atoms with E-state index in [1.807, 2.05) is 0 Å². The number of carbonyl (C=O) groups is 3. The van der Waals surface area contributed by atoms with E-state index in [0.29, 0.717) is 73.2 Å². The molecule has 3 atom stereocenters. The van der Waals surface area contributed by atoms with Gasteiger partial charge in [-0.3, -0.25) is 14.4 Å². The lowest BCUT2D eigenvalue weighted by molar-refractivity contribution is -0.157. The average molecular weight is 517 g/mol. The Kier molecular flexibility index (Phi) is 6.87. The Labute approximate surface area is 213 Å². The van der Waals surface area contributed by atoms with Gasteiger partial charge < -0.3 is 24.2 Å². The zero-order valence-electron chi connectivity index (χ0n) is 20.1. The van der Waals surface area contributed by atoms with Gasteiger partial charge in [0.2, 0.25) is 11.8 Å². The summed E-state index contributed by atoms with van der Waals surface area (Å²) < 4.78 is 11.3. The quantitative estimate of drug-likeness (QED) is 0.618. The molecule has 1 saturated carbocycles. The Balaban J connectivity index is 1.54. The van der Waals surface area contributed by atoms with Crippen LogP contribution in [0.5, 0.6) is 5.75 Å². The first-order chi connectivity index (χ1) is 17.3. The van der Waals surface area contributed by atoms with Gasteiger partial charge in [0.15, 0.2) is 12.4 Å². The van der Waals surface area contributed by atoms with Gasteiger partial charge in [0.1, 0.15) is 11.9 Å². The van der Waals surface area contributed by atoms with Crippen molar-refractivity contribution in [2.45, 2.75) is 64.6 Å². The Bertz CT molecular complexity index is 1180. The summed E-state index contributed by atoms with van der Waals surface area (Å²) in [5.41, 5.74) is 1.49. The van der Waals surface area contributed by atoms with Crippen molar-refractivity contribution in [2.75, 3.05) is 13.1 Å². The normalized spacial score (nSPS) is 24.1. The van der Waals surface area contributed by atoms with Crippen LogP contribution >= 0.6 is 11.6 Å². The van der Waals surface area contributed by atoms with Crippen LogP contribution in [0.4, 0.5) is 0 Å². The summed E-state index contributed by atoms with van der Waals surface area (Å²) in [6.45, 7) is 2.57. The number of likely N-dealkylation sites (tertiary alicyclic amines) is 1. The number of nitrogens with zero attached hydrogens (tertiary/aromatic N) is 4. The molecule has 11 heteroatoms. The van der Waals surface area contributed by atoms with Crippen molar-refractivity contribution in [3.8, 4) is 5.75 Å². The average Bonchev–Trinajstić information content (AvgIpc) is 3.50. The molecular formula is C25H29ClN4O6. The van der Waals surface area contributed by atoms with E-state index in [1.165, 1.54) is 0 Å². The number of hydrogen-bond acceptors (Lipinski definition) is 7. The highest BCUT2D eigenvalue weighted by molar-refractivity contribution is 6.31. The van der Waals surface area contributed by atoms with Gasteiger partial charge >= 0.3 is 5.97 Å². The number of fused-ring (bicyclic) bond motifs is 1. The van der Waals surface area contributed by atoms with Gasteiger partial charge in [-0.1, -0.05) is 29.6 Å². The molecule has 2 fully saturated rings. The van der Waals surface area contributed by atoms with Crippen molar-refractivity contribution in [1.82, 2.24) is 19.9 Å². The number of halogens is 1. The molecule has 1 aliphatic carbocycles. The summed E-state index contributed by atoms with van der Waals surface area (Å²) in [5.74, 6) is -1.29. The third-order valence-corrected chi connectivity index (χ3v) is 7.78. The summed E-state index contributed by atoms with van der Waals surface area (Å²) in [5, 5.41) is 14.1. The fourth-order valence-corrected chi connectivity index (χ4v) is 6.00. The number of aliphatic carboxylic acids is 1. The monoisotopic (exact) mass is 516 g/mol. The van der Waals surface area contributed by atoms with Crippen LogP contribution in [0, 0.1) is 18.8 Å². The van der Waals surface area contributed by atoms with E-state index >= 15 is 0 Å². The summed E-state index contributed by atoms with van der Waals surface area (Å²) in [6, 6.07) is 3.48. The smallest absolute Gasteiger partial charge is 0.307 e. The van der Waals surface area contributed by atoms with Crippen LogP contribution in [0.1, 0.15) is 67.5 Å². The Morgan fingerprint density at radius 1 is 1.17 bits per heavy atom. The van der Waals surface area contributed by atoms with Crippen molar-refractivity contribution >= 4 is 29.4 Å². The first kappa shape index (κ1) is 24.5. The molecule has 2 aliphatic heterocycles. The third-order valence-electron chi connectivity index (χ3n) is 7.43. The topological polar surface area (TPSA) is 126 Å². The Morgan fingerprint density at radius 2 is 1.94 bits per heavy atom. The number of hydrogen-bond donors (Lipinski definition) is 1. The molecule has 0 radical (unpaired) electrons. The number of aromatic nitrogens is 2. The molecule has 0 bridgehead atoms. The molecule has 1 aromatic heterocycles. The highest BCUT2D eigenvalue weighted by Crippen LogP contribution is 2.45. The van der Waals surface area contributed by atoms with Crippen molar-refractivity contribution in [3.05, 3.63) is 40.0 Å². The minimum Gasteiger partial charge on any atom is -0.483 e. The molecule has 1 saturated heterocycles. The van der Waals surface area contributed by atoms with E-state index in [0.717, 1.165) is 18.4 Å². The Hall–Kier alpha value is -3.14. The molecule has 1 N–H and O–H groups in total. The molecule has 192 valence electrons. The van der Waals surface area contributed by atoms with Gasteiger partial charge in [0.25, 0.3) is 5.89 Å². The number of rotatable bonds is 6. The van der Waals surface area contributed by atoms with Crippen molar-refractivity contribution < 1.29 is 28.8 Å². The lowest BCUT2D eigenvalue weighted by atomic mass is 9.78. The van der Waals surface area contributed by atoms with E-state index in [2.05, 4.69) is 10.1 Å². The van der Waals surface area contributed by atoms with Gasteiger partial charge in [-0.2, -0.15) is 4.98 Å². The SMILES string of the molecule is Cc1noc(COc2ccc(Cl)c3c2C(N2CCCC2=O)N(C(=O)C2CCCCC2C(=O)O)CC3)n1. The second-order valence-corrected chi connectivity index (χ2v) is 10.1. The minimum atomic E-state index is -0.943. The van der Waals surface area contributed by atoms with Crippen molar-refractivity contribution in [1.29, 1.82) is 0 Å². The molecule has 2 amide bonds. The van der Waals surface area contributed by atoms with Gasteiger partial charge in [-0.15, -0.1) is 0 Å². The van der Waals surface area contributed by atoms with Gasteiger partial charge in [0, 0.05) is 30.1 Å². The van der Waals surface area contributed by atoms with Crippen molar-refractivity contribution in [2.24, 2.45) is 11.8 Å². The van der Waals surface area contributed by atoms with E-state index in [1.54, 1.807) is 28.9 Å². The van der Waals surface area contributed by atoms with Crippen LogP contribution in [0.2, 0.25) is 5.02 Å². The molecule has 2 aromatic rings. The molecule has 3 aliphatic rings. The highest BCUT2D eigenvalue weighted by Gasteiger charge is 2.46. The second kappa shape index (κ2) is 10.1. The fraction of sp³-hybridized carbons (Fsp3) is 0.560. The molecule has 10 nitrogen and oxygen atoms in total. The first-order valence-electron chi connectivity index (χ1n) is 12.4. The fourth-order valence-electron chi connectivity index (χ4n) is 5.75.